The van der Waals surface area contributed by atoms with Crippen LogP contribution >= 0.6 is 23.1 Å². The highest BCUT2D eigenvalue weighted by Crippen LogP contribution is 2.27. The number of thiazole rings is 1. The van der Waals surface area contributed by atoms with E-state index in [1.807, 2.05) is 45.9 Å². The number of fused-ring (bicyclic) bond motifs is 1. The maximum Gasteiger partial charge on any atom is 0.271 e. The lowest BCUT2D eigenvalue weighted by Gasteiger charge is -2.19. The lowest BCUT2D eigenvalue weighted by Crippen LogP contribution is -2.40. The van der Waals surface area contributed by atoms with Gasteiger partial charge in [0.25, 0.3) is 11.1 Å². The first-order valence-electron chi connectivity index (χ1n) is 7.57. The SMILES string of the molecule is Cc1ccc2oc(SCc3nc(C(=O)NC(C)(C)C)cs3)nc2c1. The highest BCUT2D eigenvalue weighted by Gasteiger charge is 2.18. The molecule has 0 saturated heterocycles. The Morgan fingerprint density at radius 1 is 1.33 bits per heavy atom. The molecule has 0 aliphatic carbocycles. The van der Waals surface area contributed by atoms with E-state index in [2.05, 4.69) is 15.3 Å². The zero-order valence-corrected chi connectivity index (χ0v) is 15.7. The number of carbonyl (C=O) groups is 1. The molecule has 1 N–H and O–H groups in total. The van der Waals surface area contributed by atoms with Crippen LogP contribution in [0.4, 0.5) is 0 Å². The van der Waals surface area contributed by atoms with Crippen LogP contribution in [0.25, 0.3) is 11.1 Å². The van der Waals surface area contributed by atoms with Crippen molar-refractivity contribution in [2.24, 2.45) is 0 Å². The third-order valence-electron chi connectivity index (χ3n) is 3.12. The van der Waals surface area contributed by atoms with E-state index in [0.717, 1.165) is 21.7 Å². The second kappa shape index (κ2) is 6.57. The second-order valence-electron chi connectivity index (χ2n) is 6.57. The number of benzene rings is 1. The van der Waals surface area contributed by atoms with Crippen LogP contribution in [0.3, 0.4) is 0 Å². The van der Waals surface area contributed by atoms with Crippen molar-refractivity contribution in [1.82, 2.24) is 15.3 Å². The summed E-state index contributed by atoms with van der Waals surface area (Å²) in [4.78, 5) is 21.0. The predicted molar refractivity (Wildman–Crippen MR) is 97.6 cm³/mol. The number of hydrogen-bond donors (Lipinski definition) is 1. The van der Waals surface area contributed by atoms with Gasteiger partial charge in [-0.1, -0.05) is 17.8 Å². The number of nitrogens with zero attached hydrogens (tertiary/aromatic N) is 2. The predicted octanol–water partition coefficient (Wildman–Crippen LogP) is 4.41. The fourth-order valence-electron chi connectivity index (χ4n) is 2.09. The zero-order chi connectivity index (χ0) is 17.3. The smallest absolute Gasteiger partial charge is 0.271 e. The van der Waals surface area contributed by atoms with E-state index < -0.39 is 0 Å². The molecule has 0 spiro atoms. The maximum absolute atomic E-state index is 12.1. The number of thioether (sulfide) groups is 1. The molecule has 126 valence electrons. The van der Waals surface area contributed by atoms with Crippen molar-refractivity contribution >= 4 is 40.1 Å². The fraction of sp³-hybridized carbons (Fsp3) is 0.353. The Morgan fingerprint density at radius 2 is 2.12 bits per heavy atom. The highest BCUT2D eigenvalue weighted by molar-refractivity contribution is 7.98. The molecule has 0 bridgehead atoms. The minimum Gasteiger partial charge on any atom is -0.431 e. The number of aromatic nitrogens is 2. The number of oxazole rings is 1. The van der Waals surface area contributed by atoms with Gasteiger partial charge in [0, 0.05) is 10.9 Å². The van der Waals surface area contributed by atoms with Crippen LogP contribution in [0.5, 0.6) is 0 Å². The summed E-state index contributed by atoms with van der Waals surface area (Å²) in [5, 5.41) is 6.19. The Balaban J connectivity index is 1.65. The first-order valence-corrected chi connectivity index (χ1v) is 9.43. The molecule has 1 aromatic carbocycles. The van der Waals surface area contributed by atoms with Crippen LogP contribution in [-0.4, -0.2) is 21.4 Å². The van der Waals surface area contributed by atoms with Crippen LogP contribution in [0.1, 0.15) is 41.8 Å². The number of aryl methyl sites for hydroxylation is 1. The van der Waals surface area contributed by atoms with Crippen molar-refractivity contribution in [3.05, 3.63) is 39.8 Å². The molecule has 3 aromatic rings. The molecule has 0 saturated carbocycles. The Morgan fingerprint density at radius 3 is 2.88 bits per heavy atom. The highest BCUT2D eigenvalue weighted by atomic mass is 32.2. The van der Waals surface area contributed by atoms with Crippen LogP contribution in [-0.2, 0) is 5.75 Å². The first kappa shape index (κ1) is 17.0. The summed E-state index contributed by atoms with van der Waals surface area (Å²) >= 11 is 2.95. The number of hydrogen-bond acceptors (Lipinski definition) is 6. The van der Waals surface area contributed by atoms with Gasteiger partial charge in [-0.15, -0.1) is 11.3 Å². The summed E-state index contributed by atoms with van der Waals surface area (Å²) < 4.78 is 5.71. The van der Waals surface area contributed by atoms with Crippen LogP contribution in [0.15, 0.2) is 33.2 Å². The van der Waals surface area contributed by atoms with Crippen molar-refractivity contribution in [1.29, 1.82) is 0 Å². The molecule has 1 amide bonds. The minimum atomic E-state index is -0.272. The summed E-state index contributed by atoms with van der Waals surface area (Å²) in [6.45, 7) is 7.87. The van der Waals surface area contributed by atoms with Gasteiger partial charge >= 0.3 is 0 Å². The van der Waals surface area contributed by atoms with Gasteiger partial charge in [-0.3, -0.25) is 4.79 Å². The van der Waals surface area contributed by atoms with Crippen LogP contribution in [0, 0.1) is 6.92 Å². The summed E-state index contributed by atoms with van der Waals surface area (Å²) in [6.07, 6.45) is 0. The molecule has 2 heterocycles. The first-order chi connectivity index (χ1) is 11.3. The van der Waals surface area contributed by atoms with Gasteiger partial charge in [0.2, 0.25) is 0 Å². The molecule has 0 radical (unpaired) electrons. The topological polar surface area (TPSA) is 68.0 Å². The summed E-state index contributed by atoms with van der Waals surface area (Å²) in [5.41, 5.74) is 2.99. The lowest BCUT2D eigenvalue weighted by molar-refractivity contribution is 0.0915. The van der Waals surface area contributed by atoms with Crippen LogP contribution in [0.2, 0.25) is 0 Å². The molecule has 3 rings (SSSR count). The Labute approximate surface area is 148 Å². The van der Waals surface area contributed by atoms with E-state index in [4.69, 9.17) is 4.42 Å². The van der Waals surface area contributed by atoms with Gasteiger partial charge in [-0.25, -0.2) is 9.97 Å². The third kappa shape index (κ3) is 4.15. The van der Waals surface area contributed by atoms with Gasteiger partial charge in [-0.05, 0) is 45.4 Å². The van der Waals surface area contributed by atoms with E-state index in [0.29, 0.717) is 16.7 Å². The lowest BCUT2D eigenvalue weighted by atomic mass is 10.1. The van der Waals surface area contributed by atoms with Crippen molar-refractivity contribution in [2.45, 2.75) is 44.2 Å². The van der Waals surface area contributed by atoms with E-state index in [1.165, 1.54) is 23.1 Å². The molecular formula is C17H19N3O2S2. The number of carbonyl (C=O) groups excluding carboxylic acids is 1. The normalized spacial score (nSPS) is 11.8. The minimum absolute atomic E-state index is 0.146. The number of rotatable bonds is 4. The fourth-order valence-corrected chi connectivity index (χ4v) is 3.72. The molecule has 0 fully saturated rings. The molecule has 5 nitrogen and oxygen atoms in total. The molecule has 7 heteroatoms. The van der Waals surface area contributed by atoms with Crippen molar-refractivity contribution in [3.8, 4) is 0 Å². The molecule has 0 aliphatic rings. The second-order valence-corrected chi connectivity index (χ2v) is 8.44. The van der Waals surface area contributed by atoms with Crippen LogP contribution < -0.4 is 5.32 Å². The van der Waals surface area contributed by atoms with E-state index in [9.17, 15) is 4.79 Å². The Bertz CT molecular complexity index is 877. The number of amides is 1. The van der Waals surface area contributed by atoms with Crippen molar-refractivity contribution < 1.29 is 9.21 Å². The quantitative estimate of drug-likeness (QED) is 0.697. The van der Waals surface area contributed by atoms with Crippen molar-refractivity contribution in [2.75, 3.05) is 0 Å². The largest absolute Gasteiger partial charge is 0.431 e. The molecule has 0 aliphatic heterocycles. The summed E-state index contributed by atoms with van der Waals surface area (Å²) in [6, 6.07) is 5.93. The summed E-state index contributed by atoms with van der Waals surface area (Å²) in [5.74, 6) is 0.478. The molecule has 24 heavy (non-hydrogen) atoms. The number of nitrogens with one attached hydrogen (secondary N) is 1. The maximum atomic E-state index is 12.1. The monoisotopic (exact) mass is 361 g/mol. The molecular weight excluding hydrogens is 342 g/mol. The molecule has 0 unspecified atom stereocenters. The van der Waals surface area contributed by atoms with E-state index >= 15 is 0 Å². The summed E-state index contributed by atoms with van der Waals surface area (Å²) in [7, 11) is 0. The van der Waals surface area contributed by atoms with Crippen molar-refractivity contribution in [3.63, 3.8) is 0 Å². The Hall–Kier alpha value is -1.86. The average molecular weight is 361 g/mol. The zero-order valence-electron chi connectivity index (χ0n) is 14.0. The van der Waals surface area contributed by atoms with Gasteiger partial charge in [0.1, 0.15) is 16.2 Å². The molecule has 2 aromatic heterocycles. The van der Waals surface area contributed by atoms with Gasteiger partial charge in [0.15, 0.2) is 5.58 Å². The van der Waals surface area contributed by atoms with Gasteiger partial charge < -0.3 is 9.73 Å². The van der Waals surface area contributed by atoms with E-state index in [1.54, 1.807) is 5.38 Å². The average Bonchev–Trinajstić information content (AvgIpc) is 3.09. The molecule has 0 atom stereocenters. The van der Waals surface area contributed by atoms with E-state index in [-0.39, 0.29) is 11.4 Å². The van der Waals surface area contributed by atoms with Gasteiger partial charge in [0.05, 0.1) is 5.75 Å². The third-order valence-corrected chi connectivity index (χ3v) is 4.99. The van der Waals surface area contributed by atoms with Gasteiger partial charge in [-0.2, -0.15) is 0 Å². The Kier molecular flexibility index (Phi) is 4.64. The standard InChI is InChI=1S/C17H19N3O2S2/c1-10-5-6-13-11(7-10)19-16(22-13)24-9-14-18-12(8-23-14)15(21)20-17(2,3)4/h5-8H,9H2,1-4H3,(H,20,21).